The van der Waals surface area contributed by atoms with Crippen LogP contribution in [0.4, 0.5) is 4.79 Å². The summed E-state index contributed by atoms with van der Waals surface area (Å²) in [5, 5.41) is 11.5. The van der Waals surface area contributed by atoms with Crippen LogP contribution in [0.2, 0.25) is 0 Å². The Morgan fingerprint density at radius 1 is 1.33 bits per heavy atom. The first kappa shape index (κ1) is 16.7. The molecule has 0 aliphatic heterocycles. The number of carbonyl (C=O) groups excluding carboxylic acids is 2. The predicted octanol–water partition coefficient (Wildman–Crippen LogP) is 2.02. The van der Waals surface area contributed by atoms with E-state index in [-0.39, 0.29) is 6.42 Å². The van der Waals surface area contributed by atoms with E-state index >= 15 is 0 Å². The first-order chi connectivity index (χ1) is 9.73. The van der Waals surface area contributed by atoms with Crippen molar-refractivity contribution in [2.45, 2.75) is 38.8 Å². The Balaban J connectivity index is 2.81. The number of carbonyl (C=O) groups is 3. The van der Waals surface area contributed by atoms with Gasteiger partial charge in [-0.25, -0.2) is 9.59 Å². The largest absolute Gasteiger partial charge is 0.480 e. The molecule has 0 aromatic heterocycles. The van der Waals surface area contributed by atoms with Crippen molar-refractivity contribution in [3.63, 3.8) is 0 Å². The molecule has 0 saturated heterocycles. The summed E-state index contributed by atoms with van der Waals surface area (Å²) in [4.78, 5) is 33.8. The summed E-state index contributed by atoms with van der Waals surface area (Å²) in [5.41, 5.74) is 0.235. The average Bonchev–Trinajstić information content (AvgIpc) is 2.36. The molecule has 1 amide bonds. The van der Waals surface area contributed by atoms with Gasteiger partial charge in [-0.3, -0.25) is 4.79 Å². The fourth-order valence-corrected chi connectivity index (χ4v) is 1.70. The summed E-state index contributed by atoms with van der Waals surface area (Å²) >= 11 is 0. The number of carboxylic acid groups (broad SMARTS) is 1. The molecular formula is C15H19NO5. The molecule has 0 saturated carbocycles. The zero-order valence-corrected chi connectivity index (χ0v) is 12.3. The molecule has 114 valence electrons. The van der Waals surface area contributed by atoms with E-state index < -0.39 is 23.7 Å². The number of hydrogen-bond acceptors (Lipinski definition) is 4. The molecule has 1 unspecified atom stereocenters. The van der Waals surface area contributed by atoms with Crippen LogP contribution in [0.25, 0.3) is 0 Å². The molecule has 1 aromatic rings. The Morgan fingerprint density at radius 3 is 2.48 bits per heavy atom. The summed E-state index contributed by atoms with van der Waals surface area (Å²) in [5.74, 6) is -1.19. The number of aldehydes is 1. The van der Waals surface area contributed by atoms with Crippen molar-refractivity contribution < 1.29 is 24.2 Å². The third kappa shape index (κ3) is 5.64. The third-order valence-corrected chi connectivity index (χ3v) is 2.60. The van der Waals surface area contributed by atoms with E-state index in [0.717, 1.165) is 0 Å². The molecule has 0 bridgehead atoms. The summed E-state index contributed by atoms with van der Waals surface area (Å²) in [6.07, 6.45) is -0.149. The number of benzene rings is 1. The Hall–Kier alpha value is -2.37. The van der Waals surface area contributed by atoms with E-state index in [1.165, 1.54) is 0 Å². The van der Waals surface area contributed by atoms with E-state index in [9.17, 15) is 19.5 Å². The molecule has 21 heavy (non-hydrogen) atoms. The maximum Gasteiger partial charge on any atom is 0.408 e. The standard InChI is InChI=1S/C15H19NO5/c1-15(2,3)21-14(20)16-12(13(18)19)8-10-6-4-5-7-11(10)9-17/h4-7,9,12H,8H2,1-3H3,(H,16,20)(H,18,19). The average molecular weight is 293 g/mol. The van der Waals surface area contributed by atoms with Crippen molar-refractivity contribution in [1.29, 1.82) is 0 Å². The topological polar surface area (TPSA) is 92.7 Å². The van der Waals surface area contributed by atoms with Crippen molar-refractivity contribution in [2.75, 3.05) is 0 Å². The third-order valence-electron chi connectivity index (χ3n) is 2.60. The molecule has 6 nitrogen and oxygen atoms in total. The van der Waals surface area contributed by atoms with Crippen molar-refractivity contribution in [1.82, 2.24) is 5.32 Å². The smallest absolute Gasteiger partial charge is 0.408 e. The maximum absolute atomic E-state index is 11.7. The molecule has 0 fully saturated rings. The molecule has 0 aliphatic rings. The molecule has 6 heteroatoms. The normalized spacial score (nSPS) is 12.3. The number of alkyl carbamates (subject to hydrolysis) is 1. The Kier molecular flexibility index (Phi) is 5.46. The van der Waals surface area contributed by atoms with Crippen LogP contribution in [0.3, 0.4) is 0 Å². The number of hydrogen-bond donors (Lipinski definition) is 2. The minimum Gasteiger partial charge on any atom is -0.480 e. The molecule has 2 N–H and O–H groups in total. The van der Waals surface area contributed by atoms with Crippen molar-refractivity contribution in [3.05, 3.63) is 35.4 Å². The zero-order chi connectivity index (χ0) is 16.0. The monoisotopic (exact) mass is 293 g/mol. The molecule has 0 aliphatic carbocycles. The molecular weight excluding hydrogens is 274 g/mol. The quantitative estimate of drug-likeness (QED) is 0.810. The lowest BCUT2D eigenvalue weighted by molar-refractivity contribution is -0.139. The second-order valence-electron chi connectivity index (χ2n) is 5.56. The first-order valence-electron chi connectivity index (χ1n) is 6.48. The number of aliphatic carboxylic acids is 1. The number of nitrogens with one attached hydrogen (secondary N) is 1. The van der Waals surface area contributed by atoms with Crippen molar-refractivity contribution >= 4 is 18.3 Å². The van der Waals surface area contributed by atoms with E-state index in [0.29, 0.717) is 17.4 Å². The van der Waals surface area contributed by atoms with Crippen molar-refractivity contribution in [2.24, 2.45) is 0 Å². The van der Waals surface area contributed by atoms with Gasteiger partial charge in [-0.05, 0) is 26.3 Å². The fraction of sp³-hybridized carbons (Fsp3) is 0.400. The van der Waals surface area contributed by atoms with Gasteiger partial charge in [0.25, 0.3) is 0 Å². The zero-order valence-electron chi connectivity index (χ0n) is 12.3. The summed E-state index contributed by atoms with van der Waals surface area (Å²) in [6, 6.07) is 5.46. The Labute approximate surface area is 123 Å². The SMILES string of the molecule is CC(C)(C)OC(=O)NC(Cc1ccccc1C=O)C(=O)O. The second-order valence-corrected chi connectivity index (χ2v) is 5.56. The van der Waals surface area contributed by atoms with Crippen molar-refractivity contribution in [3.8, 4) is 0 Å². The van der Waals surface area contributed by atoms with Gasteiger partial charge in [0, 0.05) is 12.0 Å². The number of ether oxygens (including phenoxy) is 1. The van der Waals surface area contributed by atoms with Crippen LogP contribution in [0, 0.1) is 0 Å². The van der Waals surface area contributed by atoms with E-state index in [4.69, 9.17) is 4.74 Å². The number of rotatable bonds is 5. The highest BCUT2D eigenvalue weighted by molar-refractivity contribution is 5.82. The molecule has 0 radical (unpaired) electrons. The lowest BCUT2D eigenvalue weighted by Crippen LogP contribution is -2.44. The number of amides is 1. The Morgan fingerprint density at radius 2 is 1.95 bits per heavy atom. The minimum absolute atomic E-state index is 0.00346. The van der Waals surface area contributed by atoms with Gasteiger partial charge in [0.1, 0.15) is 17.9 Å². The van der Waals surface area contributed by atoms with Gasteiger partial charge in [-0.1, -0.05) is 24.3 Å². The fourth-order valence-electron chi connectivity index (χ4n) is 1.70. The van der Waals surface area contributed by atoms with Gasteiger partial charge in [-0.2, -0.15) is 0 Å². The summed E-state index contributed by atoms with van der Waals surface area (Å²) in [7, 11) is 0. The van der Waals surface area contributed by atoms with Gasteiger partial charge in [0.15, 0.2) is 0 Å². The van der Waals surface area contributed by atoms with Crippen LogP contribution in [-0.2, 0) is 16.0 Å². The van der Waals surface area contributed by atoms with Crippen LogP contribution in [0.1, 0.15) is 36.7 Å². The molecule has 1 rings (SSSR count). The minimum atomic E-state index is -1.19. The number of carboxylic acids is 1. The van der Waals surface area contributed by atoms with Crippen LogP contribution in [0.5, 0.6) is 0 Å². The predicted molar refractivity (Wildman–Crippen MR) is 76.3 cm³/mol. The van der Waals surface area contributed by atoms with Crippen LogP contribution in [0.15, 0.2) is 24.3 Å². The second kappa shape index (κ2) is 6.88. The molecule has 0 spiro atoms. The van der Waals surface area contributed by atoms with E-state index in [1.54, 1.807) is 45.0 Å². The summed E-state index contributed by atoms with van der Waals surface area (Å²) < 4.78 is 5.03. The highest BCUT2D eigenvalue weighted by Gasteiger charge is 2.24. The van der Waals surface area contributed by atoms with Crippen LogP contribution < -0.4 is 5.32 Å². The lowest BCUT2D eigenvalue weighted by atomic mass is 10.0. The van der Waals surface area contributed by atoms with Crippen LogP contribution >= 0.6 is 0 Å². The van der Waals surface area contributed by atoms with E-state index in [1.807, 2.05) is 0 Å². The summed E-state index contributed by atoms with van der Waals surface area (Å²) in [6.45, 7) is 5.05. The van der Waals surface area contributed by atoms with Crippen LogP contribution in [-0.4, -0.2) is 35.1 Å². The van der Waals surface area contributed by atoms with Gasteiger partial charge < -0.3 is 15.2 Å². The molecule has 1 atom stereocenters. The van der Waals surface area contributed by atoms with Gasteiger partial charge in [0.2, 0.25) is 0 Å². The molecule has 0 heterocycles. The maximum atomic E-state index is 11.7. The van der Waals surface area contributed by atoms with Gasteiger partial charge >= 0.3 is 12.1 Å². The van der Waals surface area contributed by atoms with Gasteiger partial charge in [0.05, 0.1) is 0 Å². The Bertz CT molecular complexity index is 533. The highest BCUT2D eigenvalue weighted by atomic mass is 16.6. The lowest BCUT2D eigenvalue weighted by Gasteiger charge is -2.22. The molecule has 1 aromatic carbocycles. The van der Waals surface area contributed by atoms with Gasteiger partial charge in [-0.15, -0.1) is 0 Å². The first-order valence-corrected chi connectivity index (χ1v) is 6.48. The highest BCUT2D eigenvalue weighted by Crippen LogP contribution is 2.11. The van der Waals surface area contributed by atoms with E-state index in [2.05, 4.69) is 5.32 Å².